The fourth-order valence-electron chi connectivity index (χ4n) is 3.31. The Balaban J connectivity index is 1.66. The van der Waals surface area contributed by atoms with E-state index in [-0.39, 0.29) is 5.84 Å². The molecule has 2 heterocycles. The van der Waals surface area contributed by atoms with Crippen molar-refractivity contribution < 1.29 is 0 Å². The van der Waals surface area contributed by atoms with E-state index in [1.807, 2.05) is 60.7 Å². The topological polar surface area (TPSA) is 60.9 Å². The van der Waals surface area contributed by atoms with E-state index in [0.717, 1.165) is 33.5 Å². The number of fused-ring (bicyclic) bond motifs is 2. The van der Waals surface area contributed by atoms with Crippen LogP contribution in [0.3, 0.4) is 0 Å². The summed E-state index contributed by atoms with van der Waals surface area (Å²) < 4.78 is 0. The fourth-order valence-corrected chi connectivity index (χ4v) is 3.31. The van der Waals surface area contributed by atoms with Gasteiger partial charge in [0.05, 0.1) is 5.71 Å². The SMILES string of the molecule is N=C1N=C(N=C2N=C(c3ccccc3)c3ccccc32)c2ccccc21. The molecule has 26 heavy (non-hydrogen) atoms. The van der Waals surface area contributed by atoms with Crippen LogP contribution >= 0.6 is 0 Å². The minimum atomic E-state index is 0.249. The van der Waals surface area contributed by atoms with Crippen LogP contribution in [0.5, 0.6) is 0 Å². The van der Waals surface area contributed by atoms with Gasteiger partial charge in [-0.3, -0.25) is 5.41 Å². The van der Waals surface area contributed by atoms with Crippen LogP contribution in [0.2, 0.25) is 0 Å². The summed E-state index contributed by atoms with van der Waals surface area (Å²) in [6.45, 7) is 0. The lowest BCUT2D eigenvalue weighted by Gasteiger charge is -2.02. The number of hydrogen-bond acceptors (Lipinski definition) is 2. The normalized spacial score (nSPS) is 16.3. The molecular formula is C22H14N4. The van der Waals surface area contributed by atoms with Crippen LogP contribution in [0.4, 0.5) is 0 Å². The van der Waals surface area contributed by atoms with Gasteiger partial charge in [-0.05, 0) is 0 Å². The largest absolute Gasteiger partial charge is 0.282 e. The maximum absolute atomic E-state index is 8.06. The number of nitrogens with one attached hydrogen (secondary N) is 1. The highest BCUT2D eigenvalue weighted by atomic mass is 15.0. The molecule has 3 aromatic carbocycles. The lowest BCUT2D eigenvalue weighted by molar-refractivity contribution is 1.44. The molecule has 0 fully saturated rings. The summed E-state index contributed by atoms with van der Waals surface area (Å²) >= 11 is 0. The lowest BCUT2D eigenvalue weighted by atomic mass is 10.00. The molecule has 0 radical (unpaired) electrons. The molecule has 4 nitrogen and oxygen atoms in total. The molecule has 2 aliphatic heterocycles. The van der Waals surface area contributed by atoms with Crippen LogP contribution in [0.15, 0.2) is 93.8 Å². The predicted molar refractivity (Wildman–Crippen MR) is 105 cm³/mol. The molecule has 1 N–H and O–H groups in total. The molecule has 0 bridgehead atoms. The monoisotopic (exact) mass is 334 g/mol. The molecular weight excluding hydrogens is 320 g/mol. The van der Waals surface area contributed by atoms with E-state index in [1.54, 1.807) is 0 Å². The van der Waals surface area contributed by atoms with Gasteiger partial charge in [0, 0.05) is 27.8 Å². The van der Waals surface area contributed by atoms with Crippen LogP contribution < -0.4 is 0 Å². The second-order valence-electron chi connectivity index (χ2n) is 6.14. The molecule has 4 heteroatoms. The second kappa shape index (κ2) is 5.70. The molecule has 0 aromatic heterocycles. The zero-order valence-electron chi connectivity index (χ0n) is 13.8. The van der Waals surface area contributed by atoms with Crippen molar-refractivity contribution in [1.82, 2.24) is 0 Å². The Bertz CT molecular complexity index is 1140. The number of hydrogen-bond donors (Lipinski definition) is 1. The van der Waals surface area contributed by atoms with Gasteiger partial charge in [-0.25, -0.2) is 15.0 Å². The number of nitrogens with zero attached hydrogens (tertiary/aromatic N) is 3. The van der Waals surface area contributed by atoms with Crippen LogP contribution in [-0.2, 0) is 0 Å². The zero-order valence-corrected chi connectivity index (χ0v) is 13.8. The molecule has 2 aliphatic rings. The average molecular weight is 334 g/mol. The van der Waals surface area contributed by atoms with E-state index in [2.05, 4.69) is 23.2 Å². The van der Waals surface area contributed by atoms with Gasteiger partial charge in [0.2, 0.25) is 0 Å². The van der Waals surface area contributed by atoms with Crippen molar-refractivity contribution >= 4 is 23.2 Å². The minimum Gasteiger partial charge on any atom is -0.282 e. The molecule has 0 saturated heterocycles. The minimum absolute atomic E-state index is 0.249. The van der Waals surface area contributed by atoms with Crippen molar-refractivity contribution in [2.24, 2.45) is 15.0 Å². The first-order chi connectivity index (χ1) is 12.8. The van der Waals surface area contributed by atoms with Crippen molar-refractivity contribution in [2.75, 3.05) is 0 Å². The van der Waals surface area contributed by atoms with Crippen molar-refractivity contribution in [1.29, 1.82) is 5.41 Å². The van der Waals surface area contributed by atoms with E-state index >= 15 is 0 Å². The van der Waals surface area contributed by atoms with Crippen molar-refractivity contribution in [3.63, 3.8) is 0 Å². The fraction of sp³-hybridized carbons (Fsp3) is 0. The Hall–Kier alpha value is -3.66. The molecule has 0 unspecified atom stereocenters. The maximum atomic E-state index is 8.06. The van der Waals surface area contributed by atoms with Gasteiger partial charge in [-0.15, -0.1) is 0 Å². The highest BCUT2D eigenvalue weighted by molar-refractivity contribution is 6.32. The van der Waals surface area contributed by atoms with E-state index in [9.17, 15) is 0 Å². The third-order valence-corrected chi connectivity index (χ3v) is 4.54. The van der Waals surface area contributed by atoms with Gasteiger partial charge in [0.15, 0.2) is 17.5 Å². The first kappa shape index (κ1) is 14.7. The van der Waals surface area contributed by atoms with Gasteiger partial charge < -0.3 is 0 Å². The molecule has 0 spiro atoms. The third-order valence-electron chi connectivity index (χ3n) is 4.54. The van der Waals surface area contributed by atoms with Crippen molar-refractivity contribution in [3.8, 4) is 0 Å². The Kier molecular flexibility index (Phi) is 3.22. The Morgan fingerprint density at radius 1 is 0.615 bits per heavy atom. The number of amidine groups is 3. The first-order valence-corrected chi connectivity index (χ1v) is 8.41. The van der Waals surface area contributed by atoms with Gasteiger partial charge in [-0.1, -0.05) is 78.9 Å². The van der Waals surface area contributed by atoms with Crippen LogP contribution in [0.1, 0.15) is 27.8 Å². The summed E-state index contributed by atoms with van der Waals surface area (Å²) in [5.41, 5.74) is 5.73. The number of aliphatic imine (C=N–C) groups is 3. The molecule has 0 saturated carbocycles. The van der Waals surface area contributed by atoms with Crippen LogP contribution in [-0.4, -0.2) is 23.2 Å². The van der Waals surface area contributed by atoms with Gasteiger partial charge in [-0.2, -0.15) is 0 Å². The van der Waals surface area contributed by atoms with Gasteiger partial charge >= 0.3 is 0 Å². The average Bonchev–Trinajstić information content (AvgIpc) is 3.22. The molecule has 0 aliphatic carbocycles. The van der Waals surface area contributed by atoms with Crippen molar-refractivity contribution in [3.05, 3.63) is 107 Å². The maximum Gasteiger partial charge on any atom is 0.164 e. The van der Waals surface area contributed by atoms with Gasteiger partial charge in [0.25, 0.3) is 0 Å². The quantitative estimate of drug-likeness (QED) is 0.697. The molecule has 3 aromatic rings. The smallest absolute Gasteiger partial charge is 0.164 e. The highest BCUT2D eigenvalue weighted by Gasteiger charge is 2.25. The van der Waals surface area contributed by atoms with E-state index in [0.29, 0.717) is 11.7 Å². The number of rotatable bonds is 1. The predicted octanol–water partition coefficient (Wildman–Crippen LogP) is 4.07. The van der Waals surface area contributed by atoms with Crippen LogP contribution in [0.25, 0.3) is 0 Å². The number of benzene rings is 3. The third kappa shape index (κ3) is 2.24. The summed E-state index contributed by atoms with van der Waals surface area (Å²) in [5.74, 6) is 1.44. The molecule has 5 rings (SSSR count). The standard InChI is InChI=1S/C22H14N4/c23-20-16-11-5-7-13-18(16)22(25-20)26-21-17-12-6-4-10-15(17)19(24-21)14-8-2-1-3-9-14/h1-13,23H. The lowest BCUT2D eigenvalue weighted by Crippen LogP contribution is -2.01. The molecule has 0 amide bonds. The van der Waals surface area contributed by atoms with E-state index < -0.39 is 0 Å². The first-order valence-electron chi connectivity index (χ1n) is 8.41. The zero-order chi connectivity index (χ0) is 17.5. The van der Waals surface area contributed by atoms with E-state index in [4.69, 9.17) is 15.4 Å². The summed E-state index contributed by atoms with van der Waals surface area (Å²) in [6, 6.07) is 25.9. The molecule has 122 valence electrons. The Morgan fingerprint density at radius 3 is 2.00 bits per heavy atom. The summed E-state index contributed by atoms with van der Waals surface area (Å²) in [6.07, 6.45) is 0. The van der Waals surface area contributed by atoms with Crippen molar-refractivity contribution in [2.45, 2.75) is 0 Å². The Morgan fingerprint density at radius 2 is 1.23 bits per heavy atom. The summed E-state index contributed by atoms with van der Waals surface area (Å²) in [4.78, 5) is 13.9. The van der Waals surface area contributed by atoms with E-state index in [1.165, 1.54) is 0 Å². The highest BCUT2D eigenvalue weighted by Crippen LogP contribution is 2.25. The summed E-state index contributed by atoms with van der Waals surface area (Å²) in [7, 11) is 0. The Labute approximate surface area is 150 Å². The summed E-state index contributed by atoms with van der Waals surface area (Å²) in [5, 5.41) is 8.06. The second-order valence-corrected chi connectivity index (χ2v) is 6.14. The molecule has 0 atom stereocenters. The van der Waals surface area contributed by atoms with Gasteiger partial charge in [0.1, 0.15) is 0 Å². The van der Waals surface area contributed by atoms with Crippen LogP contribution in [0, 0.1) is 5.41 Å².